The van der Waals surface area contributed by atoms with Crippen LogP contribution in [0.5, 0.6) is 0 Å². The number of rotatable bonds is 3. The Kier molecular flexibility index (Phi) is 3.95. The molecule has 0 amide bonds. The third-order valence-corrected chi connectivity index (χ3v) is 4.45. The average molecular weight is 353 g/mol. The molecule has 1 aromatic carbocycles. The van der Waals surface area contributed by atoms with Crippen LogP contribution in [0.4, 0.5) is 5.82 Å². The Morgan fingerprint density at radius 1 is 1.22 bits per heavy atom. The van der Waals surface area contributed by atoms with Gasteiger partial charge in [-0.15, -0.1) is 5.10 Å². The minimum Gasteiger partial charge on any atom is -0.478 e. The number of carboxylic acid groups (broad SMARTS) is 1. The molecule has 0 aliphatic carbocycles. The summed E-state index contributed by atoms with van der Waals surface area (Å²) >= 11 is 12.0. The van der Waals surface area contributed by atoms with Crippen molar-refractivity contribution in [1.82, 2.24) is 14.8 Å². The first-order chi connectivity index (χ1) is 10.9. The quantitative estimate of drug-likeness (QED) is 0.860. The fourth-order valence-corrected chi connectivity index (χ4v) is 3.06. The van der Waals surface area contributed by atoms with E-state index in [-0.39, 0.29) is 10.7 Å². The molecule has 120 valence electrons. The number of halogens is 2. The van der Waals surface area contributed by atoms with Crippen molar-refractivity contribution in [2.24, 2.45) is 0 Å². The third-order valence-electron chi connectivity index (χ3n) is 3.75. The van der Waals surface area contributed by atoms with Crippen LogP contribution < -0.4 is 5.01 Å². The van der Waals surface area contributed by atoms with Crippen molar-refractivity contribution in [3.8, 4) is 5.69 Å². The number of anilines is 1. The summed E-state index contributed by atoms with van der Waals surface area (Å²) in [5, 5.41) is 18.0. The van der Waals surface area contributed by atoms with Gasteiger partial charge in [-0.2, -0.15) is 0 Å². The van der Waals surface area contributed by atoms with E-state index < -0.39 is 12.0 Å². The fraction of sp³-hybridized carbons (Fsp3) is 0.200. The highest BCUT2D eigenvalue weighted by Crippen LogP contribution is 2.34. The molecule has 0 fully saturated rings. The molecule has 1 aromatic heterocycles. The van der Waals surface area contributed by atoms with Gasteiger partial charge >= 0.3 is 5.97 Å². The lowest BCUT2D eigenvalue weighted by molar-refractivity contribution is -0.132. The van der Waals surface area contributed by atoms with Gasteiger partial charge in [0.25, 0.3) is 0 Å². The molecule has 1 unspecified atom stereocenters. The Hall–Kier alpha value is -2.18. The first kappa shape index (κ1) is 15.7. The van der Waals surface area contributed by atoms with Crippen molar-refractivity contribution >= 4 is 35.0 Å². The van der Waals surface area contributed by atoms with Crippen LogP contribution in [0.3, 0.4) is 0 Å². The van der Waals surface area contributed by atoms with Crippen LogP contribution in [0, 0.1) is 0 Å². The number of aliphatic carboxylic acids is 1. The highest BCUT2D eigenvalue weighted by molar-refractivity contribution is 6.32. The Morgan fingerprint density at radius 2 is 1.87 bits per heavy atom. The van der Waals surface area contributed by atoms with Crippen molar-refractivity contribution in [3.63, 3.8) is 0 Å². The topological polar surface area (TPSA) is 61.6 Å². The van der Waals surface area contributed by atoms with Gasteiger partial charge in [0, 0.05) is 24.3 Å². The summed E-state index contributed by atoms with van der Waals surface area (Å²) in [6.45, 7) is 1.77. The number of carbonyl (C=O) groups is 1. The average Bonchev–Trinajstić information content (AvgIpc) is 3.04. The number of hydrazine groups is 1. The van der Waals surface area contributed by atoms with Gasteiger partial charge in [-0.05, 0) is 31.2 Å². The lowest BCUT2D eigenvalue weighted by Gasteiger charge is -2.29. The summed E-state index contributed by atoms with van der Waals surface area (Å²) in [5.41, 5.74) is 1.00. The van der Waals surface area contributed by atoms with Crippen molar-refractivity contribution in [3.05, 3.63) is 52.3 Å². The smallest absolute Gasteiger partial charge is 0.336 e. The monoisotopic (exact) mass is 352 g/mol. The summed E-state index contributed by atoms with van der Waals surface area (Å²) < 4.78 is 1.69. The predicted octanol–water partition coefficient (Wildman–Crippen LogP) is 3.12. The van der Waals surface area contributed by atoms with E-state index in [1.165, 1.54) is 0 Å². The summed E-state index contributed by atoms with van der Waals surface area (Å²) in [6, 6.07) is 8.65. The van der Waals surface area contributed by atoms with Crippen LogP contribution in [0.2, 0.25) is 5.02 Å². The highest BCUT2D eigenvalue weighted by atomic mass is 35.5. The second-order valence-electron chi connectivity index (χ2n) is 5.15. The largest absolute Gasteiger partial charge is 0.478 e. The molecular weight excluding hydrogens is 339 g/mol. The van der Waals surface area contributed by atoms with Gasteiger partial charge in [-0.25, -0.2) is 9.48 Å². The van der Waals surface area contributed by atoms with Crippen molar-refractivity contribution in [2.75, 3.05) is 12.1 Å². The van der Waals surface area contributed by atoms with E-state index in [1.54, 1.807) is 53.1 Å². The lowest BCUT2D eigenvalue weighted by atomic mass is 10.1. The summed E-state index contributed by atoms with van der Waals surface area (Å²) in [7, 11) is 1.70. The van der Waals surface area contributed by atoms with Crippen LogP contribution in [0.1, 0.15) is 6.92 Å². The molecule has 3 rings (SSSR count). The summed E-state index contributed by atoms with van der Waals surface area (Å²) in [4.78, 5) is 11.4. The molecule has 0 radical (unpaired) electrons. The van der Waals surface area contributed by atoms with E-state index in [1.807, 2.05) is 12.1 Å². The van der Waals surface area contributed by atoms with Gasteiger partial charge in [0.2, 0.25) is 0 Å². The molecule has 8 heteroatoms. The van der Waals surface area contributed by atoms with Crippen LogP contribution in [0.25, 0.3) is 5.69 Å². The van der Waals surface area contributed by atoms with E-state index >= 15 is 0 Å². The number of hydrogen-bond donors (Lipinski definition) is 1. The van der Waals surface area contributed by atoms with E-state index in [2.05, 4.69) is 5.10 Å². The number of nitrogens with zero attached hydrogens (tertiary/aromatic N) is 4. The van der Waals surface area contributed by atoms with E-state index in [9.17, 15) is 9.90 Å². The molecule has 0 spiro atoms. The summed E-state index contributed by atoms with van der Waals surface area (Å²) in [6.07, 6.45) is 1.80. The third kappa shape index (κ3) is 2.64. The maximum Gasteiger partial charge on any atom is 0.336 e. The second-order valence-corrected chi connectivity index (χ2v) is 5.94. The predicted molar refractivity (Wildman–Crippen MR) is 88.8 cm³/mol. The minimum absolute atomic E-state index is 0.148. The molecule has 0 bridgehead atoms. The fourth-order valence-electron chi connectivity index (χ4n) is 2.62. The molecule has 1 aliphatic rings. The normalized spacial score (nSPS) is 18.0. The van der Waals surface area contributed by atoms with Crippen molar-refractivity contribution < 1.29 is 9.90 Å². The number of carboxylic acids is 1. The maximum atomic E-state index is 11.4. The van der Waals surface area contributed by atoms with Gasteiger partial charge in [0.15, 0.2) is 5.82 Å². The molecule has 0 saturated heterocycles. The molecule has 1 atom stereocenters. The first-order valence-corrected chi connectivity index (χ1v) is 7.63. The first-order valence-electron chi connectivity index (χ1n) is 6.87. The number of aromatic nitrogens is 2. The van der Waals surface area contributed by atoms with E-state index in [4.69, 9.17) is 23.2 Å². The molecule has 0 saturated carbocycles. The van der Waals surface area contributed by atoms with Crippen molar-refractivity contribution in [2.45, 2.75) is 13.0 Å². The second kappa shape index (κ2) is 5.79. The number of hydrogen-bond acceptors (Lipinski definition) is 4. The molecular formula is C15H14Cl2N4O2. The van der Waals surface area contributed by atoms with Crippen LogP contribution in [-0.4, -0.2) is 39.0 Å². The molecule has 2 heterocycles. The molecule has 23 heavy (non-hydrogen) atoms. The zero-order valence-electron chi connectivity index (χ0n) is 12.4. The zero-order valence-corrected chi connectivity index (χ0v) is 14.0. The van der Waals surface area contributed by atoms with Gasteiger partial charge in [0.05, 0.1) is 17.3 Å². The van der Waals surface area contributed by atoms with Crippen LogP contribution in [-0.2, 0) is 4.79 Å². The summed E-state index contributed by atoms with van der Waals surface area (Å²) in [5.74, 6) is -0.432. The van der Waals surface area contributed by atoms with Crippen LogP contribution >= 0.6 is 23.2 Å². The zero-order chi connectivity index (χ0) is 16.7. The maximum absolute atomic E-state index is 11.4. The van der Waals surface area contributed by atoms with Gasteiger partial charge in [0.1, 0.15) is 5.16 Å². The molecule has 1 aliphatic heterocycles. The van der Waals surface area contributed by atoms with E-state index in [0.29, 0.717) is 10.8 Å². The van der Waals surface area contributed by atoms with Crippen molar-refractivity contribution in [1.29, 1.82) is 0 Å². The van der Waals surface area contributed by atoms with Gasteiger partial charge in [-0.3, -0.25) is 10.0 Å². The Morgan fingerprint density at radius 3 is 2.43 bits per heavy atom. The Balaban J connectivity index is 1.92. The Labute approximate surface area is 143 Å². The molecule has 6 nitrogen and oxygen atoms in total. The van der Waals surface area contributed by atoms with E-state index in [0.717, 1.165) is 5.69 Å². The van der Waals surface area contributed by atoms with Gasteiger partial charge in [-0.1, -0.05) is 23.2 Å². The minimum atomic E-state index is -1.03. The van der Waals surface area contributed by atoms with Gasteiger partial charge < -0.3 is 5.11 Å². The Bertz CT molecular complexity index is 785. The van der Waals surface area contributed by atoms with Crippen LogP contribution in [0.15, 0.2) is 47.3 Å². The highest BCUT2D eigenvalue weighted by Gasteiger charge is 2.38. The standard InChI is InChI=1S/C15H14Cl2N4O2/c1-9-13(15(22)23)14(17)19(2)21(9)12-7-8-20(18-12)11-5-3-10(16)4-6-11/h3-9H,1-2H3,(H,22,23). The SMILES string of the molecule is CC1C(C(=O)O)=C(Cl)N(C)N1c1ccn(-c2ccc(Cl)cc2)n1. The lowest BCUT2D eigenvalue weighted by Crippen LogP contribution is -2.39. The molecule has 1 N–H and O–H groups in total. The number of benzene rings is 1. The molecule has 2 aromatic rings.